The highest BCUT2D eigenvalue weighted by atomic mass is 16.7. The van der Waals surface area contributed by atoms with Crippen molar-refractivity contribution in [1.82, 2.24) is 0 Å². The number of hydrogen-bond donors (Lipinski definition) is 0. The molecule has 1 heterocycles. The van der Waals surface area contributed by atoms with Crippen LogP contribution < -0.4 is 0 Å². The van der Waals surface area contributed by atoms with E-state index in [0.717, 1.165) is 0 Å². The molecule has 1 aromatic carbocycles. The first-order valence-electron chi connectivity index (χ1n) is 11.4. The van der Waals surface area contributed by atoms with Crippen molar-refractivity contribution in [3.05, 3.63) is 46.7 Å². The fraction of sp³-hybridized carbons (Fsp3) is 0.520. The maximum atomic E-state index is 13.4. The predicted molar refractivity (Wildman–Crippen MR) is 124 cm³/mol. The largest absolute Gasteiger partial charge is 0.465 e. The van der Waals surface area contributed by atoms with Gasteiger partial charge in [-0.25, -0.2) is 9.59 Å². The van der Waals surface area contributed by atoms with E-state index >= 15 is 0 Å². The second-order valence-corrected chi connectivity index (χ2v) is 7.30. The summed E-state index contributed by atoms with van der Waals surface area (Å²) >= 11 is 0. The Balaban J connectivity index is 2.91. The van der Waals surface area contributed by atoms with Crippen LogP contribution in [0.3, 0.4) is 0 Å². The van der Waals surface area contributed by atoms with Crippen molar-refractivity contribution in [1.29, 1.82) is 0 Å². The topological polar surface area (TPSA) is 110 Å². The van der Waals surface area contributed by atoms with Crippen molar-refractivity contribution in [2.45, 2.75) is 46.8 Å². The summed E-state index contributed by atoms with van der Waals surface area (Å²) in [7, 11) is 1.27. The molecule has 0 saturated carbocycles. The van der Waals surface area contributed by atoms with Crippen LogP contribution in [0, 0.1) is 5.92 Å². The number of nitrogens with zero attached hydrogens (tertiary/aromatic N) is 1. The van der Waals surface area contributed by atoms with Gasteiger partial charge in [0.15, 0.2) is 0 Å². The van der Waals surface area contributed by atoms with Crippen molar-refractivity contribution >= 4 is 23.6 Å². The summed E-state index contributed by atoms with van der Waals surface area (Å²) in [6.07, 6.45) is -0.972. The Morgan fingerprint density at radius 3 is 2.09 bits per heavy atom. The summed E-state index contributed by atoms with van der Waals surface area (Å²) in [6.45, 7) is 9.46. The fourth-order valence-electron chi connectivity index (χ4n) is 3.95. The molecule has 0 bridgehead atoms. The van der Waals surface area contributed by atoms with Gasteiger partial charge in [0.2, 0.25) is 6.29 Å². The molecule has 9 heteroatoms. The molecule has 186 valence electrons. The maximum Gasteiger partial charge on any atom is 0.338 e. The smallest absolute Gasteiger partial charge is 0.338 e. The highest BCUT2D eigenvalue weighted by Crippen LogP contribution is 2.43. The number of esters is 3. The van der Waals surface area contributed by atoms with Gasteiger partial charge in [-0.3, -0.25) is 9.79 Å². The highest BCUT2D eigenvalue weighted by molar-refractivity contribution is 6.07. The van der Waals surface area contributed by atoms with Gasteiger partial charge < -0.3 is 23.7 Å². The normalized spacial score (nSPS) is 17.9. The molecular formula is C25H33NO8. The predicted octanol–water partition coefficient (Wildman–Crippen LogP) is 3.43. The van der Waals surface area contributed by atoms with Crippen LogP contribution in [0.1, 0.15) is 56.5 Å². The average molecular weight is 476 g/mol. The summed E-state index contributed by atoms with van der Waals surface area (Å²) in [4.78, 5) is 43.7. The molecule has 1 aliphatic rings. The third-order valence-corrected chi connectivity index (χ3v) is 5.26. The van der Waals surface area contributed by atoms with Crippen molar-refractivity contribution in [3.8, 4) is 0 Å². The molecule has 0 N–H and O–H groups in total. The van der Waals surface area contributed by atoms with Crippen molar-refractivity contribution < 1.29 is 38.1 Å². The number of carbonyl (C=O) groups is 3. The Kier molecular flexibility index (Phi) is 10.4. The minimum absolute atomic E-state index is 0.0776. The lowest BCUT2D eigenvalue weighted by atomic mass is 9.74. The van der Waals surface area contributed by atoms with Gasteiger partial charge in [0.1, 0.15) is 11.6 Å². The molecule has 0 amide bonds. The summed E-state index contributed by atoms with van der Waals surface area (Å²) < 4.78 is 27.2. The first-order chi connectivity index (χ1) is 16.4. The zero-order chi connectivity index (χ0) is 25.3. The monoisotopic (exact) mass is 475 g/mol. The third kappa shape index (κ3) is 5.90. The van der Waals surface area contributed by atoms with Gasteiger partial charge >= 0.3 is 17.9 Å². The number of rotatable bonds is 11. The molecule has 0 saturated heterocycles. The second-order valence-electron chi connectivity index (χ2n) is 7.30. The lowest BCUT2D eigenvalue weighted by Gasteiger charge is -2.34. The highest BCUT2D eigenvalue weighted by Gasteiger charge is 2.46. The molecule has 2 unspecified atom stereocenters. The first-order valence-corrected chi connectivity index (χ1v) is 11.4. The van der Waals surface area contributed by atoms with E-state index < -0.39 is 36.0 Å². The van der Waals surface area contributed by atoms with E-state index in [2.05, 4.69) is 4.99 Å². The Morgan fingerprint density at radius 1 is 0.912 bits per heavy atom. The van der Waals surface area contributed by atoms with Gasteiger partial charge in [-0.2, -0.15) is 0 Å². The van der Waals surface area contributed by atoms with Crippen molar-refractivity contribution in [3.63, 3.8) is 0 Å². The van der Waals surface area contributed by atoms with Crippen LogP contribution in [0.4, 0.5) is 0 Å². The summed E-state index contributed by atoms with van der Waals surface area (Å²) in [5, 5.41) is 0. The SMILES string of the molecule is CCOC(=O)C1=C(C(OCC)OCC)N=C(C)C(C(=O)OCC)C1c1ccccc1C(=O)OC. The number of hydrogen-bond acceptors (Lipinski definition) is 9. The number of benzene rings is 1. The van der Waals surface area contributed by atoms with Gasteiger partial charge in [-0.15, -0.1) is 0 Å². The number of carbonyl (C=O) groups excluding carboxylic acids is 3. The van der Waals surface area contributed by atoms with Gasteiger partial charge in [-0.1, -0.05) is 18.2 Å². The van der Waals surface area contributed by atoms with Crippen molar-refractivity contribution in [2.24, 2.45) is 10.9 Å². The standard InChI is InChI=1S/C25H33NO8/c1-7-31-23(28)18-15(5)26-21(25(33-9-3)34-10-4)20(24(29)32-8-2)19(18)16-13-11-12-14-17(16)22(27)30-6/h11-14,18-19,25H,7-10H2,1-6H3. The Morgan fingerprint density at radius 2 is 1.53 bits per heavy atom. The number of aliphatic imine (C=N–C) groups is 1. The van der Waals surface area contributed by atoms with Crippen LogP contribution >= 0.6 is 0 Å². The van der Waals surface area contributed by atoms with E-state index in [4.69, 9.17) is 23.7 Å². The van der Waals surface area contributed by atoms with Crippen LogP contribution in [-0.2, 0) is 33.3 Å². The summed E-state index contributed by atoms with van der Waals surface area (Å²) in [5.74, 6) is -3.77. The van der Waals surface area contributed by atoms with E-state index in [1.807, 2.05) is 0 Å². The Bertz CT molecular complexity index is 946. The van der Waals surface area contributed by atoms with Crippen LogP contribution in [0.25, 0.3) is 0 Å². The molecule has 0 aliphatic carbocycles. The first kappa shape index (κ1) is 27.2. The van der Waals surface area contributed by atoms with Gasteiger partial charge in [0.25, 0.3) is 0 Å². The van der Waals surface area contributed by atoms with Crippen LogP contribution in [-0.4, -0.2) is 63.4 Å². The van der Waals surface area contributed by atoms with E-state index in [0.29, 0.717) is 24.5 Å². The molecule has 0 radical (unpaired) electrons. The molecular weight excluding hydrogens is 442 g/mol. The van der Waals surface area contributed by atoms with E-state index in [1.54, 1.807) is 58.9 Å². The van der Waals surface area contributed by atoms with E-state index in [-0.39, 0.29) is 30.0 Å². The van der Waals surface area contributed by atoms with E-state index in [1.165, 1.54) is 7.11 Å². The fourth-order valence-corrected chi connectivity index (χ4v) is 3.95. The maximum absolute atomic E-state index is 13.4. The minimum Gasteiger partial charge on any atom is -0.465 e. The lowest BCUT2D eigenvalue weighted by molar-refractivity contribution is -0.146. The van der Waals surface area contributed by atoms with Gasteiger partial charge in [0.05, 0.1) is 31.5 Å². The van der Waals surface area contributed by atoms with Gasteiger partial charge in [0, 0.05) is 24.8 Å². The quantitative estimate of drug-likeness (QED) is 0.272. The third-order valence-electron chi connectivity index (χ3n) is 5.26. The van der Waals surface area contributed by atoms with Crippen molar-refractivity contribution in [2.75, 3.05) is 33.5 Å². The zero-order valence-electron chi connectivity index (χ0n) is 20.6. The minimum atomic E-state index is -0.974. The van der Waals surface area contributed by atoms with Gasteiger partial charge in [-0.05, 0) is 46.2 Å². The van der Waals surface area contributed by atoms with Crippen LogP contribution in [0.15, 0.2) is 40.5 Å². The Labute approximate surface area is 200 Å². The zero-order valence-corrected chi connectivity index (χ0v) is 20.6. The summed E-state index contributed by atoms with van der Waals surface area (Å²) in [6, 6.07) is 6.65. The molecule has 9 nitrogen and oxygen atoms in total. The molecule has 0 spiro atoms. The van der Waals surface area contributed by atoms with E-state index in [9.17, 15) is 14.4 Å². The number of ether oxygens (including phenoxy) is 5. The average Bonchev–Trinajstić information content (AvgIpc) is 2.82. The Hall–Kier alpha value is -3.04. The number of methoxy groups -OCH3 is 1. The van der Waals surface area contributed by atoms with Crippen LogP contribution in [0.2, 0.25) is 0 Å². The molecule has 1 aliphatic heterocycles. The summed E-state index contributed by atoms with van der Waals surface area (Å²) in [5.41, 5.74) is 1.30. The molecule has 34 heavy (non-hydrogen) atoms. The molecule has 0 aromatic heterocycles. The molecule has 2 atom stereocenters. The molecule has 0 fully saturated rings. The van der Waals surface area contributed by atoms with Crippen LogP contribution in [0.5, 0.6) is 0 Å². The second kappa shape index (κ2) is 13.0. The molecule has 2 rings (SSSR count). The molecule has 1 aromatic rings. The lowest BCUT2D eigenvalue weighted by Crippen LogP contribution is -2.39.